The van der Waals surface area contributed by atoms with Crippen molar-refractivity contribution in [2.75, 3.05) is 11.9 Å². The molecule has 2 aromatic rings. The molecule has 0 spiro atoms. The number of nitrogens with zero attached hydrogens (tertiary/aromatic N) is 1. The SMILES string of the molecule is CCCCCN1Cc2ccccc2NC1c1ccccc1. The first-order chi connectivity index (χ1) is 10.4. The smallest absolute Gasteiger partial charge is 0.106 e. The van der Waals surface area contributed by atoms with Crippen LogP contribution in [0.1, 0.15) is 43.5 Å². The van der Waals surface area contributed by atoms with Crippen LogP contribution in [0.5, 0.6) is 0 Å². The van der Waals surface area contributed by atoms with Gasteiger partial charge in [0.1, 0.15) is 6.17 Å². The second kappa shape index (κ2) is 6.77. The van der Waals surface area contributed by atoms with Crippen molar-refractivity contribution >= 4 is 5.69 Å². The normalized spacial score (nSPS) is 18.0. The Labute approximate surface area is 127 Å². The molecule has 3 rings (SSSR count). The highest BCUT2D eigenvalue weighted by molar-refractivity contribution is 5.54. The molecule has 0 aromatic heterocycles. The molecule has 0 bridgehead atoms. The van der Waals surface area contributed by atoms with E-state index in [0.29, 0.717) is 0 Å². The van der Waals surface area contributed by atoms with Crippen molar-refractivity contribution < 1.29 is 0 Å². The van der Waals surface area contributed by atoms with Crippen LogP contribution in [0.25, 0.3) is 0 Å². The van der Waals surface area contributed by atoms with Crippen molar-refractivity contribution in [2.24, 2.45) is 0 Å². The summed E-state index contributed by atoms with van der Waals surface area (Å²) in [7, 11) is 0. The average molecular weight is 280 g/mol. The maximum Gasteiger partial charge on any atom is 0.106 e. The van der Waals surface area contributed by atoms with Gasteiger partial charge in [-0.3, -0.25) is 4.90 Å². The molecule has 0 saturated carbocycles. The quantitative estimate of drug-likeness (QED) is 0.791. The molecule has 1 aliphatic heterocycles. The number of para-hydroxylation sites is 1. The summed E-state index contributed by atoms with van der Waals surface area (Å²) in [6, 6.07) is 19.4. The van der Waals surface area contributed by atoms with Crippen LogP contribution in [-0.4, -0.2) is 11.4 Å². The lowest BCUT2D eigenvalue weighted by atomic mass is 10.0. The largest absolute Gasteiger partial charge is 0.366 e. The Morgan fingerprint density at radius 1 is 1.00 bits per heavy atom. The number of hydrogen-bond donors (Lipinski definition) is 1. The van der Waals surface area contributed by atoms with Crippen molar-refractivity contribution in [1.82, 2.24) is 4.90 Å². The fraction of sp³-hybridized carbons (Fsp3) is 0.368. The van der Waals surface area contributed by atoms with Gasteiger partial charge in [-0.15, -0.1) is 0 Å². The van der Waals surface area contributed by atoms with Gasteiger partial charge in [0.25, 0.3) is 0 Å². The van der Waals surface area contributed by atoms with E-state index in [-0.39, 0.29) is 6.17 Å². The van der Waals surface area contributed by atoms with Crippen LogP contribution in [0.15, 0.2) is 54.6 Å². The van der Waals surface area contributed by atoms with Gasteiger partial charge < -0.3 is 5.32 Å². The van der Waals surface area contributed by atoms with E-state index in [1.807, 2.05) is 0 Å². The Morgan fingerprint density at radius 2 is 1.76 bits per heavy atom. The highest BCUT2D eigenvalue weighted by Gasteiger charge is 2.25. The summed E-state index contributed by atoms with van der Waals surface area (Å²) in [5.41, 5.74) is 4.03. The first-order valence-corrected chi connectivity index (χ1v) is 8.02. The molecule has 2 nitrogen and oxygen atoms in total. The van der Waals surface area contributed by atoms with Gasteiger partial charge in [-0.25, -0.2) is 0 Å². The van der Waals surface area contributed by atoms with Crippen LogP contribution in [-0.2, 0) is 6.54 Å². The monoisotopic (exact) mass is 280 g/mol. The lowest BCUT2D eigenvalue weighted by molar-refractivity contribution is 0.195. The molecule has 21 heavy (non-hydrogen) atoms. The molecule has 110 valence electrons. The molecule has 1 heterocycles. The van der Waals surface area contributed by atoms with E-state index >= 15 is 0 Å². The topological polar surface area (TPSA) is 15.3 Å². The minimum absolute atomic E-state index is 0.290. The summed E-state index contributed by atoms with van der Waals surface area (Å²) in [6.07, 6.45) is 4.13. The number of benzene rings is 2. The minimum Gasteiger partial charge on any atom is -0.366 e. The molecule has 1 N–H and O–H groups in total. The summed E-state index contributed by atoms with van der Waals surface area (Å²) in [6.45, 7) is 4.44. The summed E-state index contributed by atoms with van der Waals surface area (Å²) < 4.78 is 0. The molecule has 0 aliphatic carbocycles. The molecule has 0 fully saturated rings. The van der Waals surface area contributed by atoms with E-state index in [9.17, 15) is 0 Å². The number of rotatable bonds is 5. The number of unbranched alkanes of at least 4 members (excludes halogenated alkanes) is 2. The van der Waals surface area contributed by atoms with Crippen molar-refractivity contribution in [3.63, 3.8) is 0 Å². The number of hydrogen-bond acceptors (Lipinski definition) is 2. The Balaban J connectivity index is 1.84. The second-order valence-electron chi connectivity index (χ2n) is 5.79. The molecule has 1 aliphatic rings. The van der Waals surface area contributed by atoms with Crippen LogP contribution in [0, 0.1) is 0 Å². The van der Waals surface area contributed by atoms with Gasteiger partial charge in [0.05, 0.1) is 0 Å². The zero-order valence-corrected chi connectivity index (χ0v) is 12.8. The summed E-state index contributed by atoms with van der Waals surface area (Å²) in [5, 5.41) is 3.72. The third-order valence-electron chi connectivity index (χ3n) is 4.21. The van der Waals surface area contributed by atoms with Crippen molar-refractivity contribution in [1.29, 1.82) is 0 Å². The van der Waals surface area contributed by atoms with Gasteiger partial charge >= 0.3 is 0 Å². The van der Waals surface area contributed by atoms with E-state index in [2.05, 4.69) is 71.7 Å². The van der Waals surface area contributed by atoms with E-state index in [1.165, 1.54) is 36.1 Å². The maximum absolute atomic E-state index is 3.72. The second-order valence-corrected chi connectivity index (χ2v) is 5.79. The number of nitrogens with one attached hydrogen (secondary N) is 1. The highest BCUT2D eigenvalue weighted by Crippen LogP contribution is 2.32. The number of anilines is 1. The van der Waals surface area contributed by atoms with Crippen LogP contribution >= 0.6 is 0 Å². The van der Waals surface area contributed by atoms with E-state index in [4.69, 9.17) is 0 Å². The molecular weight excluding hydrogens is 256 g/mol. The van der Waals surface area contributed by atoms with E-state index < -0.39 is 0 Å². The van der Waals surface area contributed by atoms with Crippen molar-refractivity contribution in [3.05, 3.63) is 65.7 Å². The minimum atomic E-state index is 0.290. The predicted octanol–water partition coefficient (Wildman–Crippen LogP) is 4.80. The molecule has 2 heteroatoms. The summed E-state index contributed by atoms with van der Waals surface area (Å²) in [5.74, 6) is 0. The van der Waals surface area contributed by atoms with Crippen LogP contribution in [0.3, 0.4) is 0 Å². The van der Waals surface area contributed by atoms with Gasteiger partial charge in [0.15, 0.2) is 0 Å². The fourth-order valence-electron chi connectivity index (χ4n) is 3.05. The first kappa shape index (κ1) is 14.2. The van der Waals surface area contributed by atoms with Crippen molar-refractivity contribution in [3.8, 4) is 0 Å². The Kier molecular flexibility index (Phi) is 4.56. The highest BCUT2D eigenvalue weighted by atomic mass is 15.3. The molecule has 0 saturated heterocycles. The Bertz CT molecular complexity index is 565. The zero-order chi connectivity index (χ0) is 14.5. The van der Waals surface area contributed by atoms with Gasteiger partial charge in [-0.1, -0.05) is 68.3 Å². The first-order valence-electron chi connectivity index (χ1n) is 8.02. The summed E-state index contributed by atoms with van der Waals surface area (Å²) >= 11 is 0. The van der Waals surface area contributed by atoms with Crippen LogP contribution < -0.4 is 5.32 Å². The standard InChI is InChI=1S/C19H24N2/c1-2-3-9-14-21-15-17-12-7-8-13-18(17)20-19(21)16-10-5-4-6-11-16/h4-8,10-13,19-20H,2-3,9,14-15H2,1H3. The van der Waals surface area contributed by atoms with E-state index in [0.717, 1.165) is 13.1 Å². The lowest BCUT2D eigenvalue weighted by Gasteiger charge is -2.38. The van der Waals surface area contributed by atoms with Crippen LogP contribution in [0.4, 0.5) is 5.69 Å². The average Bonchev–Trinajstić information content (AvgIpc) is 2.55. The predicted molar refractivity (Wildman–Crippen MR) is 89.2 cm³/mol. The van der Waals surface area contributed by atoms with E-state index in [1.54, 1.807) is 0 Å². The molecule has 2 aromatic carbocycles. The Morgan fingerprint density at radius 3 is 2.57 bits per heavy atom. The van der Waals surface area contributed by atoms with Crippen LogP contribution in [0.2, 0.25) is 0 Å². The maximum atomic E-state index is 3.72. The zero-order valence-electron chi connectivity index (χ0n) is 12.8. The third-order valence-corrected chi connectivity index (χ3v) is 4.21. The molecule has 1 unspecified atom stereocenters. The molecule has 0 amide bonds. The van der Waals surface area contributed by atoms with Gasteiger partial charge in [0.2, 0.25) is 0 Å². The third kappa shape index (κ3) is 3.27. The lowest BCUT2D eigenvalue weighted by Crippen LogP contribution is -2.38. The van der Waals surface area contributed by atoms with Gasteiger partial charge in [-0.2, -0.15) is 0 Å². The van der Waals surface area contributed by atoms with Gasteiger partial charge in [-0.05, 0) is 23.6 Å². The van der Waals surface area contributed by atoms with Crippen molar-refractivity contribution in [2.45, 2.75) is 38.9 Å². The van der Waals surface area contributed by atoms with Gasteiger partial charge in [0, 0.05) is 18.8 Å². The molecular formula is C19H24N2. The molecule has 0 radical (unpaired) electrons. The molecule has 1 atom stereocenters. The fourth-order valence-corrected chi connectivity index (χ4v) is 3.05. The summed E-state index contributed by atoms with van der Waals surface area (Å²) in [4.78, 5) is 2.56. The number of fused-ring (bicyclic) bond motifs is 1. The Hall–Kier alpha value is -1.80.